The average Bonchev–Trinajstić information content (AvgIpc) is 3.07. The molecule has 0 aliphatic carbocycles. The van der Waals surface area contributed by atoms with Crippen molar-refractivity contribution in [3.05, 3.63) is 82.4 Å². The van der Waals surface area contributed by atoms with Gasteiger partial charge in [0.05, 0.1) is 0 Å². The van der Waals surface area contributed by atoms with E-state index < -0.39 is 6.04 Å². The van der Waals surface area contributed by atoms with Crippen LogP contribution in [0.25, 0.3) is 0 Å². The molecule has 1 heterocycles. The van der Waals surface area contributed by atoms with Gasteiger partial charge in [0, 0.05) is 24.5 Å². The summed E-state index contributed by atoms with van der Waals surface area (Å²) in [5.74, 6) is 1.22. The van der Waals surface area contributed by atoms with Gasteiger partial charge in [0.25, 0.3) is 5.91 Å². The molecule has 0 aliphatic rings. The second-order valence-electron chi connectivity index (χ2n) is 6.44. The van der Waals surface area contributed by atoms with Gasteiger partial charge in [-0.1, -0.05) is 35.9 Å². The van der Waals surface area contributed by atoms with Crippen LogP contribution < -0.4 is 10.1 Å². The Bertz CT molecular complexity index is 935. The first kappa shape index (κ1) is 19.0. The van der Waals surface area contributed by atoms with Crippen LogP contribution in [0, 0.1) is 13.8 Å². The number of nitrogens with zero attached hydrogens (tertiary/aromatic N) is 2. The summed E-state index contributed by atoms with van der Waals surface area (Å²) in [5, 5.41) is 3.65. The van der Waals surface area contributed by atoms with E-state index in [1.54, 1.807) is 18.3 Å². The van der Waals surface area contributed by atoms with Gasteiger partial charge >= 0.3 is 0 Å². The molecule has 2 aromatic carbocycles. The minimum atomic E-state index is -0.392. The Labute approximate surface area is 164 Å². The quantitative estimate of drug-likeness (QED) is 0.700. The first-order chi connectivity index (χ1) is 13.0. The lowest BCUT2D eigenvalue weighted by atomic mass is 10.1. The number of aromatic nitrogens is 2. The smallest absolute Gasteiger partial charge is 0.258 e. The summed E-state index contributed by atoms with van der Waals surface area (Å²) in [6, 6.07) is 12.8. The van der Waals surface area contributed by atoms with Crippen molar-refractivity contribution in [2.75, 3.05) is 6.61 Å². The Kier molecular flexibility index (Phi) is 5.81. The molecule has 5 nitrogen and oxygen atoms in total. The van der Waals surface area contributed by atoms with Crippen LogP contribution in [-0.4, -0.2) is 22.1 Å². The Balaban J connectivity index is 1.76. The minimum absolute atomic E-state index is 0.0706. The van der Waals surface area contributed by atoms with Crippen molar-refractivity contribution in [1.82, 2.24) is 14.9 Å². The molecule has 3 rings (SSSR count). The fraction of sp³-hybridized carbons (Fsp3) is 0.238. The molecule has 1 amide bonds. The number of halogens is 1. The molecule has 1 N–H and O–H groups in total. The zero-order valence-corrected chi connectivity index (χ0v) is 16.3. The molecule has 0 aliphatic heterocycles. The second kappa shape index (κ2) is 8.27. The molecule has 0 unspecified atom stereocenters. The predicted octanol–water partition coefficient (Wildman–Crippen LogP) is 3.97. The number of amides is 1. The standard InChI is InChI=1S/C21H22ClN3O2/c1-14-5-4-6-18(15(14)2)27-13-19(26)24-20(21-23-11-12-25(21)3)16-7-9-17(22)10-8-16/h4-12,20H,13H2,1-3H3,(H,24,26)/t20-/m1/s1. The van der Waals surface area contributed by atoms with E-state index in [4.69, 9.17) is 16.3 Å². The third kappa shape index (κ3) is 4.49. The molecule has 0 bridgehead atoms. The molecule has 0 saturated heterocycles. The van der Waals surface area contributed by atoms with Crippen molar-refractivity contribution < 1.29 is 9.53 Å². The Morgan fingerprint density at radius 3 is 2.63 bits per heavy atom. The zero-order valence-electron chi connectivity index (χ0n) is 15.6. The van der Waals surface area contributed by atoms with E-state index in [1.807, 2.05) is 62.0 Å². The van der Waals surface area contributed by atoms with Crippen LogP contribution in [-0.2, 0) is 11.8 Å². The van der Waals surface area contributed by atoms with Crippen LogP contribution in [0.3, 0.4) is 0 Å². The summed E-state index contributed by atoms with van der Waals surface area (Å²) in [7, 11) is 1.89. The van der Waals surface area contributed by atoms with Gasteiger partial charge in [0.2, 0.25) is 0 Å². The van der Waals surface area contributed by atoms with Gasteiger partial charge in [-0.05, 0) is 48.7 Å². The molecule has 6 heteroatoms. The number of ether oxygens (including phenoxy) is 1. The molecular weight excluding hydrogens is 362 g/mol. The number of nitrogens with one attached hydrogen (secondary N) is 1. The lowest BCUT2D eigenvalue weighted by Gasteiger charge is -2.20. The summed E-state index contributed by atoms with van der Waals surface area (Å²) in [6.45, 7) is 3.92. The first-order valence-electron chi connectivity index (χ1n) is 8.67. The maximum atomic E-state index is 12.6. The summed E-state index contributed by atoms with van der Waals surface area (Å²) in [6.07, 6.45) is 3.55. The summed E-state index contributed by atoms with van der Waals surface area (Å²) >= 11 is 6.00. The Morgan fingerprint density at radius 1 is 1.22 bits per heavy atom. The number of imidazole rings is 1. The van der Waals surface area contributed by atoms with E-state index in [2.05, 4.69) is 10.3 Å². The topological polar surface area (TPSA) is 56.1 Å². The number of rotatable bonds is 6. The third-order valence-corrected chi connectivity index (χ3v) is 4.79. The van der Waals surface area contributed by atoms with Crippen LogP contribution >= 0.6 is 11.6 Å². The molecule has 140 valence electrons. The van der Waals surface area contributed by atoms with Gasteiger partial charge in [-0.3, -0.25) is 4.79 Å². The molecule has 1 aromatic heterocycles. The summed E-state index contributed by atoms with van der Waals surface area (Å²) < 4.78 is 7.60. The first-order valence-corrected chi connectivity index (χ1v) is 9.04. The van der Waals surface area contributed by atoms with Gasteiger partial charge in [-0.25, -0.2) is 4.98 Å². The maximum Gasteiger partial charge on any atom is 0.258 e. The highest BCUT2D eigenvalue weighted by molar-refractivity contribution is 6.30. The van der Waals surface area contributed by atoms with Gasteiger partial charge in [-0.15, -0.1) is 0 Å². The van der Waals surface area contributed by atoms with Gasteiger partial charge < -0.3 is 14.6 Å². The minimum Gasteiger partial charge on any atom is -0.483 e. The van der Waals surface area contributed by atoms with E-state index in [0.29, 0.717) is 10.8 Å². The fourth-order valence-electron chi connectivity index (χ4n) is 2.83. The van der Waals surface area contributed by atoms with Crippen LogP contribution in [0.15, 0.2) is 54.9 Å². The summed E-state index contributed by atoms with van der Waals surface area (Å²) in [5.41, 5.74) is 3.05. The van der Waals surface area contributed by atoms with E-state index in [0.717, 1.165) is 22.5 Å². The van der Waals surface area contributed by atoms with Crippen LogP contribution in [0.2, 0.25) is 5.02 Å². The number of aryl methyl sites for hydroxylation is 2. The van der Waals surface area contributed by atoms with Crippen molar-refractivity contribution in [2.24, 2.45) is 7.05 Å². The SMILES string of the molecule is Cc1cccc(OCC(=O)N[C@H](c2ccc(Cl)cc2)c2nccn2C)c1C. The monoisotopic (exact) mass is 383 g/mol. The number of hydrogen-bond acceptors (Lipinski definition) is 3. The Hall–Kier alpha value is -2.79. The molecule has 0 fully saturated rings. The molecule has 0 saturated carbocycles. The fourth-order valence-corrected chi connectivity index (χ4v) is 2.96. The third-order valence-electron chi connectivity index (χ3n) is 4.54. The predicted molar refractivity (Wildman–Crippen MR) is 106 cm³/mol. The highest BCUT2D eigenvalue weighted by Gasteiger charge is 2.21. The molecule has 1 atom stereocenters. The highest BCUT2D eigenvalue weighted by Crippen LogP contribution is 2.23. The van der Waals surface area contributed by atoms with Crippen LogP contribution in [0.1, 0.15) is 28.6 Å². The highest BCUT2D eigenvalue weighted by atomic mass is 35.5. The Morgan fingerprint density at radius 2 is 1.96 bits per heavy atom. The zero-order chi connectivity index (χ0) is 19.4. The molecule has 0 radical (unpaired) electrons. The largest absolute Gasteiger partial charge is 0.483 e. The molecular formula is C21H22ClN3O2. The average molecular weight is 384 g/mol. The number of carbonyl (C=O) groups excluding carboxylic acids is 1. The van der Waals surface area contributed by atoms with Crippen molar-refractivity contribution in [1.29, 1.82) is 0 Å². The number of carbonyl (C=O) groups is 1. The van der Waals surface area contributed by atoms with E-state index in [1.165, 1.54) is 0 Å². The van der Waals surface area contributed by atoms with E-state index in [-0.39, 0.29) is 12.5 Å². The number of hydrogen-bond donors (Lipinski definition) is 1. The molecule has 0 spiro atoms. The lowest BCUT2D eigenvalue weighted by Crippen LogP contribution is -2.34. The lowest BCUT2D eigenvalue weighted by molar-refractivity contribution is -0.123. The summed E-state index contributed by atoms with van der Waals surface area (Å²) in [4.78, 5) is 17.0. The van der Waals surface area contributed by atoms with Gasteiger partial charge in [0.15, 0.2) is 6.61 Å². The van der Waals surface area contributed by atoms with Gasteiger partial charge in [-0.2, -0.15) is 0 Å². The van der Waals surface area contributed by atoms with Crippen molar-refractivity contribution >= 4 is 17.5 Å². The van der Waals surface area contributed by atoms with Crippen LogP contribution in [0.4, 0.5) is 0 Å². The van der Waals surface area contributed by atoms with Crippen LogP contribution in [0.5, 0.6) is 5.75 Å². The van der Waals surface area contributed by atoms with Crippen molar-refractivity contribution in [3.8, 4) is 5.75 Å². The van der Waals surface area contributed by atoms with Gasteiger partial charge in [0.1, 0.15) is 17.6 Å². The van der Waals surface area contributed by atoms with Crippen molar-refractivity contribution in [2.45, 2.75) is 19.9 Å². The number of benzene rings is 2. The maximum absolute atomic E-state index is 12.6. The van der Waals surface area contributed by atoms with E-state index in [9.17, 15) is 4.79 Å². The second-order valence-corrected chi connectivity index (χ2v) is 6.87. The molecule has 3 aromatic rings. The van der Waals surface area contributed by atoms with E-state index >= 15 is 0 Å². The molecule has 27 heavy (non-hydrogen) atoms. The van der Waals surface area contributed by atoms with Crippen molar-refractivity contribution in [3.63, 3.8) is 0 Å². The normalized spacial score (nSPS) is 11.9.